The van der Waals surface area contributed by atoms with E-state index in [1.54, 1.807) is 18.2 Å². The fourth-order valence-corrected chi connectivity index (χ4v) is 3.37. The first-order chi connectivity index (χ1) is 12.4. The van der Waals surface area contributed by atoms with Gasteiger partial charge in [-0.3, -0.25) is 4.79 Å². The number of hydrogen-bond donors (Lipinski definition) is 2. The number of sulfonamides is 1. The Balaban J connectivity index is 2.28. The van der Waals surface area contributed by atoms with Crippen LogP contribution in [0.25, 0.3) is 0 Å². The Morgan fingerprint density at radius 1 is 1.15 bits per heavy atom. The molecule has 0 unspecified atom stereocenters. The van der Waals surface area contributed by atoms with Gasteiger partial charge in [-0.25, -0.2) is 13.1 Å². The molecule has 2 aromatic rings. The number of methoxy groups -OCH3 is 2. The van der Waals surface area contributed by atoms with Gasteiger partial charge in [0.15, 0.2) is 0 Å². The quantitative estimate of drug-likeness (QED) is 0.666. The molecule has 2 aromatic carbocycles. The lowest BCUT2D eigenvalue weighted by Crippen LogP contribution is -2.27. The van der Waals surface area contributed by atoms with Crippen LogP contribution in [0.5, 0.6) is 5.75 Å². The molecule has 0 aliphatic heterocycles. The van der Waals surface area contributed by atoms with Crippen LogP contribution in [0, 0.1) is 0 Å². The topological polar surface area (TPSA) is 93.7 Å². The lowest BCUT2D eigenvalue weighted by Gasteiger charge is -2.13. The third-order valence-corrected chi connectivity index (χ3v) is 5.11. The summed E-state index contributed by atoms with van der Waals surface area (Å²) in [4.78, 5) is 12.4. The number of carbonyl (C=O) groups excluding carboxylic acids is 1. The first kappa shape index (κ1) is 20.2. The molecule has 0 aliphatic rings. The van der Waals surface area contributed by atoms with Crippen molar-refractivity contribution in [3.05, 3.63) is 53.1 Å². The monoisotopic (exact) mass is 398 g/mol. The first-order valence-corrected chi connectivity index (χ1v) is 9.47. The van der Waals surface area contributed by atoms with Gasteiger partial charge >= 0.3 is 0 Å². The van der Waals surface area contributed by atoms with Crippen molar-refractivity contribution in [2.75, 3.05) is 32.7 Å². The molecular formula is C17H19ClN2O5S. The standard InChI is InChI=1S/C17H19ClN2O5S/c1-24-9-8-19-26(22,23)14-6-7-16(25-2)15(11-14)20-17(21)12-4-3-5-13(18)10-12/h3-7,10-11,19H,8-9H2,1-2H3,(H,20,21). The number of anilines is 1. The number of ether oxygens (including phenoxy) is 2. The zero-order valence-electron chi connectivity index (χ0n) is 14.3. The van der Waals surface area contributed by atoms with Crippen LogP contribution in [0.1, 0.15) is 10.4 Å². The van der Waals surface area contributed by atoms with Crippen molar-refractivity contribution in [2.24, 2.45) is 0 Å². The summed E-state index contributed by atoms with van der Waals surface area (Å²) in [5.41, 5.74) is 0.568. The number of benzene rings is 2. The van der Waals surface area contributed by atoms with E-state index in [-0.39, 0.29) is 23.7 Å². The molecule has 0 radical (unpaired) electrons. The molecule has 0 aromatic heterocycles. The van der Waals surface area contributed by atoms with E-state index in [1.165, 1.54) is 38.5 Å². The Morgan fingerprint density at radius 2 is 1.92 bits per heavy atom. The fraction of sp³-hybridized carbons (Fsp3) is 0.235. The number of hydrogen-bond acceptors (Lipinski definition) is 5. The molecule has 0 saturated carbocycles. The predicted octanol–water partition coefficient (Wildman–Crippen LogP) is 2.53. The molecule has 0 bridgehead atoms. The summed E-state index contributed by atoms with van der Waals surface area (Å²) in [5.74, 6) is -0.107. The lowest BCUT2D eigenvalue weighted by atomic mass is 10.2. The number of nitrogens with one attached hydrogen (secondary N) is 2. The summed E-state index contributed by atoms with van der Waals surface area (Å²) < 4.78 is 37.1. The molecule has 9 heteroatoms. The smallest absolute Gasteiger partial charge is 0.255 e. The first-order valence-electron chi connectivity index (χ1n) is 7.61. The highest BCUT2D eigenvalue weighted by Crippen LogP contribution is 2.28. The average Bonchev–Trinajstić information content (AvgIpc) is 2.61. The van der Waals surface area contributed by atoms with Crippen LogP contribution in [0.4, 0.5) is 5.69 Å². The number of halogens is 1. The zero-order chi connectivity index (χ0) is 19.2. The number of rotatable bonds is 8. The van der Waals surface area contributed by atoms with E-state index >= 15 is 0 Å². The predicted molar refractivity (Wildman–Crippen MR) is 99.5 cm³/mol. The van der Waals surface area contributed by atoms with Crippen molar-refractivity contribution < 1.29 is 22.7 Å². The van der Waals surface area contributed by atoms with Crippen LogP contribution in [0.3, 0.4) is 0 Å². The highest BCUT2D eigenvalue weighted by molar-refractivity contribution is 7.89. The third kappa shape index (κ3) is 5.18. The molecular weight excluding hydrogens is 380 g/mol. The summed E-state index contributed by atoms with van der Waals surface area (Å²) in [5, 5.41) is 3.06. The molecule has 2 N–H and O–H groups in total. The van der Waals surface area contributed by atoms with Crippen LogP contribution >= 0.6 is 11.6 Å². The normalized spacial score (nSPS) is 11.2. The van der Waals surface area contributed by atoms with Gasteiger partial charge in [-0.2, -0.15) is 0 Å². The van der Waals surface area contributed by atoms with Crippen LogP contribution < -0.4 is 14.8 Å². The molecule has 1 amide bonds. The van der Waals surface area contributed by atoms with Crippen LogP contribution in [-0.4, -0.2) is 41.7 Å². The van der Waals surface area contributed by atoms with E-state index in [9.17, 15) is 13.2 Å². The van der Waals surface area contributed by atoms with Gasteiger partial charge in [0.2, 0.25) is 10.0 Å². The Morgan fingerprint density at radius 3 is 2.58 bits per heavy atom. The van der Waals surface area contributed by atoms with E-state index in [0.29, 0.717) is 16.3 Å². The molecule has 26 heavy (non-hydrogen) atoms. The molecule has 7 nitrogen and oxygen atoms in total. The van der Waals surface area contributed by atoms with Crippen molar-refractivity contribution in [3.8, 4) is 5.75 Å². The molecule has 0 aliphatic carbocycles. The van der Waals surface area contributed by atoms with Crippen molar-refractivity contribution in [1.82, 2.24) is 4.72 Å². The second-order valence-electron chi connectivity index (χ2n) is 5.22. The maximum Gasteiger partial charge on any atom is 0.255 e. The Hall–Kier alpha value is -2.13. The van der Waals surface area contributed by atoms with Gasteiger partial charge in [0.1, 0.15) is 5.75 Å². The molecule has 0 spiro atoms. The van der Waals surface area contributed by atoms with Gasteiger partial charge in [0.05, 0.1) is 24.3 Å². The Labute approximate surface area is 157 Å². The molecule has 0 saturated heterocycles. The Kier molecular flexibility index (Phi) is 6.98. The van der Waals surface area contributed by atoms with Gasteiger partial charge < -0.3 is 14.8 Å². The van der Waals surface area contributed by atoms with Crippen molar-refractivity contribution >= 4 is 33.2 Å². The molecule has 0 heterocycles. The summed E-state index contributed by atoms with van der Waals surface area (Å²) in [7, 11) is -0.842. The largest absolute Gasteiger partial charge is 0.495 e. The van der Waals surface area contributed by atoms with E-state index in [2.05, 4.69) is 10.0 Å². The maximum absolute atomic E-state index is 12.4. The molecule has 0 atom stereocenters. The highest BCUT2D eigenvalue weighted by atomic mass is 35.5. The summed E-state index contributed by atoms with van der Waals surface area (Å²) in [6.07, 6.45) is 0. The second kappa shape index (κ2) is 9.00. The minimum Gasteiger partial charge on any atom is -0.495 e. The van der Waals surface area contributed by atoms with Crippen LogP contribution in [-0.2, 0) is 14.8 Å². The van der Waals surface area contributed by atoms with Gasteiger partial charge in [0, 0.05) is 24.2 Å². The van der Waals surface area contributed by atoms with Gasteiger partial charge in [-0.1, -0.05) is 17.7 Å². The number of carbonyl (C=O) groups is 1. The van der Waals surface area contributed by atoms with E-state index in [1.807, 2.05) is 0 Å². The average molecular weight is 399 g/mol. The molecule has 2 rings (SSSR count). The summed E-state index contributed by atoms with van der Waals surface area (Å²) in [6, 6.07) is 10.6. The van der Waals surface area contributed by atoms with Crippen molar-refractivity contribution in [3.63, 3.8) is 0 Å². The van der Waals surface area contributed by atoms with Gasteiger partial charge in [-0.05, 0) is 36.4 Å². The van der Waals surface area contributed by atoms with E-state index < -0.39 is 15.9 Å². The summed E-state index contributed by atoms with van der Waals surface area (Å²) >= 11 is 5.89. The fourth-order valence-electron chi connectivity index (χ4n) is 2.14. The molecule has 0 fully saturated rings. The summed E-state index contributed by atoms with van der Waals surface area (Å²) in [6.45, 7) is 0.378. The van der Waals surface area contributed by atoms with E-state index in [4.69, 9.17) is 21.1 Å². The van der Waals surface area contributed by atoms with Crippen LogP contribution in [0.15, 0.2) is 47.4 Å². The second-order valence-corrected chi connectivity index (χ2v) is 7.42. The SMILES string of the molecule is COCCNS(=O)(=O)c1ccc(OC)c(NC(=O)c2cccc(Cl)c2)c1. The zero-order valence-corrected chi connectivity index (χ0v) is 15.9. The van der Waals surface area contributed by atoms with Gasteiger partial charge in [-0.15, -0.1) is 0 Å². The third-order valence-electron chi connectivity index (χ3n) is 3.41. The Bertz CT molecular complexity index is 886. The van der Waals surface area contributed by atoms with E-state index in [0.717, 1.165) is 0 Å². The molecule has 140 valence electrons. The minimum absolute atomic E-state index is 0.00389. The van der Waals surface area contributed by atoms with Crippen molar-refractivity contribution in [1.29, 1.82) is 0 Å². The highest BCUT2D eigenvalue weighted by Gasteiger charge is 2.17. The van der Waals surface area contributed by atoms with Crippen molar-refractivity contribution in [2.45, 2.75) is 4.90 Å². The number of amides is 1. The van der Waals surface area contributed by atoms with Gasteiger partial charge in [0.25, 0.3) is 5.91 Å². The lowest BCUT2D eigenvalue weighted by molar-refractivity contribution is 0.102. The van der Waals surface area contributed by atoms with Crippen LogP contribution in [0.2, 0.25) is 5.02 Å². The minimum atomic E-state index is -3.75. The maximum atomic E-state index is 12.4.